The van der Waals surface area contributed by atoms with Gasteiger partial charge in [0, 0.05) is 25.4 Å². The fraction of sp³-hybridized carbons (Fsp3) is 1.00. The first kappa shape index (κ1) is 14.3. The monoisotopic (exact) mass is 218 g/mol. The average molecular weight is 218 g/mol. The molecule has 0 spiro atoms. The van der Waals surface area contributed by atoms with Crippen molar-refractivity contribution in [1.29, 1.82) is 0 Å². The van der Waals surface area contributed by atoms with Gasteiger partial charge in [-0.25, -0.2) is 0 Å². The Morgan fingerprint density at radius 2 is 2.00 bits per heavy atom. The Balaban J connectivity index is 3.70. The SMILES string of the molecule is CCNCC(C)(C)CN(C)CCSC. The zero-order valence-electron chi connectivity index (χ0n) is 10.4. The summed E-state index contributed by atoms with van der Waals surface area (Å²) < 4.78 is 0. The van der Waals surface area contributed by atoms with Crippen molar-refractivity contribution in [2.75, 3.05) is 45.2 Å². The molecule has 86 valence electrons. The highest BCUT2D eigenvalue weighted by molar-refractivity contribution is 7.98. The summed E-state index contributed by atoms with van der Waals surface area (Å²) in [4.78, 5) is 2.42. The maximum absolute atomic E-state index is 3.42. The molecule has 0 heterocycles. The minimum absolute atomic E-state index is 0.378. The smallest absolute Gasteiger partial charge is 0.00694 e. The topological polar surface area (TPSA) is 15.3 Å². The van der Waals surface area contributed by atoms with Crippen molar-refractivity contribution in [2.24, 2.45) is 5.41 Å². The third-order valence-electron chi connectivity index (χ3n) is 2.23. The van der Waals surface area contributed by atoms with Crippen LogP contribution in [-0.2, 0) is 0 Å². The molecule has 0 saturated heterocycles. The van der Waals surface area contributed by atoms with Gasteiger partial charge in [0.1, 0.15) is 0 Å². The predicted octanol–water partition coefficient (Wildman–Crippen LogP) is 1.92. The number of hydrogen-bond donors (Lipinski definition) is 1. The molecule has 2 nitrogen and oxygen atoms in total. The van der Waals surface area contributed by atoms with Crippen LogP contribution in [0.25, 0.3) is 0 Å². The standard InChI is InChI=1S/C11H26N2S/c1-6-12-9-11(2,3)10-13(4)7-8-14-5/h12H,6-10H2,1-5H3. The van der Waals surface area contributed by atoms with E-state index in [9.17, 15) is 0 Å². The largest absolute Gasteiger partial charge is 0.316 e. The van der Waals surface area contributed by atoms with Gasteiger partial charge in [0.15, 0.2) is 0 Å². The summed E-state index contributed by atoms with van der Waals surface area (Å²) in [5, 5.41) is 3.42. The molecule has 14 heavy (non-hydrogen) atoms. The van der Waals surface area contributed by atoms with Crippen molar-refractivity contribution in [3.63, 3.8) is 0 Å². The second-order valence-corrected chi connectivity index (χ2v) is 5.66. The Morgan fingerprint density at radius 1 is 1.36 bits per heavy atom. The Kier molecular flexibility index (Phi) is 7.69. The first-order chi connectivity index (χ1) is 6.52. The Bertz CT molecular complexity index is 137. The second-order valence-electron chi connectivity index (χ2n) is 4.68. The van der Waals surface area contributed by atoms with Crippen LogP contribution < -0.4 is 5.32 Å². The highest BCUT2D eigenvalue weighted by Gasteiger charge is 2.18. The van der Waals surface area contributed by atoms with Gasteiger partial charge in [0.25, 0.3) is 0 Å². The van der Waals surface area contributed by atoms with Crippen LogP contribution in [0.5, 0.6) is 0 Å². The van der Waals surface area contributed by atoms with Gasteiger partial charge in [-0.05, 0) is 25.3 Å². The lowest BCUT2D eigenvalue weighted by atomic mass is 9.93. The molecule has 0 aliphatic rings. The molecule has 0 aromatic heterocycles. The lowest BCUT2D eigenvalue weighted by Gasteiger charge is -2.30. The fourth-order valence-corrected chi connectivity index (χ4v) is 2.07. The first-order valence-corrected chi connectivity index (χ1v) is 6.79. The van der Waals surface area contributed by atoms with E-state index in [0.717, 1.165) is 13.1 Å². The molecular formula is C11H26N2S. The van der Waals surface area contributed by atoms with Crippen LogP contribution >= 0.6 is 11.8 Å². The molecule has 0 radical (unpaired) electrons. The first-order valence-electron chi connectivity index (χ1n) is 5.40. The summed E-state index contributed by atoms with van der Waals surface area (Å²) in [5.74, 6) is 1.23. The Labute approximate surface area is 93.8 Å². The molecule has 0 rings (SSSR count). The second kappa shape index (κ2) is 7.55. The molecule has 3 heteroatoms. The molecule has 0 amide bonds. The number of hydrogen-bond acceptors (Lipinski definition) is 3. The van der Waals surface area contributed by atoms with Gasteiger partial charge in [-0.2, -0.15) is 11.8 Å². The van der Waals surface area contributed by atoms with Gasteiger partial charge in [0.05, 0.1) is 0 Å². The van der Waals surface area contributed by atoms with Crippen molar-refractivity contribution in [2.45, 2.75) is 20.8 Å². The molecule has 0 aliphatic heterocycles. The maximum atomic E-state index is 3.42. The van der Waals surface area contributed by atoms with E-state index in [4.69, 9.17) is 0 Å². The van der Waals surface area contributed by atoms with Gasteiger partial charge >= 0.3 is 0 Å². The van der Waals surface area contributed by atoms with E-state index in [-0.39, 0.29) is 0 Å². The zero-order chi connectivity index (χ0) is 11.0. The van der Waals surface area contributed by atoms with E-state index >= 15 is 0 Å². The highest BCUT2D eigenvalue weighted by Crippen LogP contribution is 2.14. The van der Waals surface area contributed by atoms with E-state index in [1.165, 1.54) is 18.8 Å². The molecule has 0 aromatic carbocycles. The van der Waals surface area contributed by atoms with Crippen molar-refractivity contribution >= 4 is 11.8 Å². The maximum Gasteiger partial charge on any atom is 0.00694 e. The molecule has 1 N–H and O–H groups in total. The summed E-state index contributed by atoms with van der Waals surface area (Å²) in [6.45, 7) is 11.3. The zero-order valence-corrected chi connectivity index (χ0v) is 11.2. The van der Waals surface area contributed by atoms with Crippen LogP contribution in [0, 0.1) is 5.41 Å². The summed E-state index contributed by atoms with van der Waals surface area (Å²) in [6, 6.07) is 0. The van der Waals surface area contributed by atoms with Crippen LogP contribution in [0.1, 0.15) is 20.8 Å². The molecule has 0 atom stereocenters. The van der Waals surface area contributed by atoms with E-state index in [1.807, 2.05) is 11.8 Å². The summed E-state index contributed by atoms with van der Waals surface area (Å²) in [6.07, 6.45) is 2.16. The van der Waals surface area contributed by atoms with Crippen LogP contribution in [0.2, 0.25) is 0 Å². The van der Waals surface area contributed by atoms with Crippen LogP contribution in [0.15, 0.2) is 0 Å². The number of nitrogens with zero attached hydrogens (tertiary/aromatic N) is 1. The third-order valence-corrected chi connectivity index (χ3v) is 2.82. The van der Waals surface area contributed by atoms with E-state index in [2.05, 4.69) is 44.3 Å². The predicted molar refractivity (Wildman–Crippen MR) is 68.2 cm³/mol. The van der Waals surface area contributed by atoms with Crippen LogP contribution in [0.4, 0.5) is 0 Å². The van der Waals surface area contributed by atoms with E-state index < -0.39 is 0 Å². The van der Waals surface area contributed by atoms with E-state index in [1.54, 1.807) is 0 Å². The molecule has 0 aliphatic carbocycles. The van der Waals surface area contributed by atoms with Crippen molar-refractivity contribution in [3.05, 3.63) is 0 Å². The normalized spacial score (nSPS) is 12.4. The lowest BCUT2D eigenvalue weighted by molar-refractivity contribution is 0.213. The Morgan fingerprint density at radius 3 is 2.50 bits per heavy atom. The van der Waals surface area contributed by atoms with Gasteiger partial charge in [-0.1, -0.05) is 20.8 Å². The third kappa shape index (κ3) is 7.65. The van der Waals surface area contributed by atoms with Gasteiger partial charge in [0.2, 0.25) is 0 Å². The van der Waals surface area contributed by atoms with E-state index in [0.29, 0.717) is 5.41 Å². The van der Waals surface area contributed by atoms with Gasteiger partial charge in [-0.15, -0.1) is 0 Å². The molecule has 0 aromatic rings. The quantitative estimate of drug-likeness (QED) is 0.670. The Hall–Kier alpha value is 0.270. The fourth-order valence-electron chi connectivity index (χ4n) is 1.58. The van der Waals surface area contributed by atoms with Crippen LogP contribution in [-0.4, -0.2) is 50.1 Å². The molecule has 0 saturated carbocycles. The molecular weight excluding hydrogens is 192 g/mol. The number of nitrogens with one attached hydrogen (secondary N) is 1. The molecule has 0 bridgehead atoms. The van der Waals surface area contributed by atoms with Gasteiger partial charge in [-0.3, -0.25) is 0 Å². The van der Waals surface area contributed by atoms with Gasteiger partial charge < -0.3 is 10.2 Å². The van der Waals surface area contributed by atoms with Crippen molar-refractivity contribution < 1.29 is 0 Å². The average Bonchev–Trinajstić information content (AvgIpc) is 2.11. The highest BCUT2D eigenvalue weighted by atomic mass is 32.2. The minimum Gasteiger partial charge on any atom is -0.316 e. The summed E-state index contributed by atoms with van der Waals surface area (Å²) >= 11 is 1.92. The van der Waals surface area contributed by atoms with Crippen LogP contribution in [0.3, 0.4) is 0 Å². The summed E-state index contributed by atoms with van der Waals surface area (Å²) in [7, 11) is 2.21. The summed E-state index contributed by atoms with van der Waals surface area (Å²) in [5.41, 5.74) is 0.378. The lowest BCUT2D eigenvalue weighted by Crippen LogP contribution is -2.39. The number of thioether (sulfide) groups is 1. The molecule has 0 unspecified atom stereocenters. The van der Waals surface area contributed by atoms with Crippen molar-refractivity contribution in [3.8, 4) is 0 Å². The number of rotatable bonds is 8. The molecule has 0 fully saturated rings. The minimum atomic E-state index is 0.378. The van der Waals surface area contributed by atoms with Crippen molar-refractivity contribution in [1.82, 2.24) is 10.2 Å².